The fourth-order valence-electron chi connectivity index (χ4n) is 2.05. The second-order valence-corrected chi connectivity index (χ2v) is 6.50. The van der Waals surface area contributed by atoms with Crippen molar-refractivity contribution in [1.29, 1.82) is 0 Å². The summed E-state index contributed by atoms with van der Waals surface area (Å²) < 4.78 is 5.70. The highest BCUT2D eigenvalue weighted by Gasteiger charge is 2.22. The average molecular weight is 303 g/mol. The molecular weight excluding hydrogens is 274 g/mol. The third-order valence-electron chi connectivity index (χ3n) is 3.02. The summed E-state index contributed by atoms with van der Waals surface area (Å²) in [6, 6.07) is 0. The van der Waals surface area contributed by atoms with E-state index >= 15 is 0 Å². The molecule has 0 aliphatic carbocycles. The first kappa shape index (κ1) is 19.9. The number of aliphatic carboxylic acids is 1. The van der Waals surface area contributed by atoms with Crippen molar-refractivity contribution >= 4 is 11.9 Å². The maximum absolute atomic E-state index is 11.7. The second-order valence-electron chi connectivity index (χ2n) is 6.50. The molecule has 21 heavy (non-hydrogen) atoms. The van der Waals surface area contributed by atoms with Crippen LogP contribution in [-0.4, -0.2) is 61.4 Å². The number of ether oxygens (including phenoxy) is 1. The van der Waals surface area contributed by atoms with Gasteiger partial charge in [0.1, 0.15) is 6.54 Å². The first-order valence-electron chi connectivity index (χ1n) is 7.52. The molecule has 0 aliphatic rings. The molecule has 1 N–H and O–H groups in total. The van der Waals surface area contributed by atoms with E-state index in [0.717, 1.165) is 12.8 Å². The Kier molecular flexibility index (Phi) is 9.21. The zero-order valence-electron chi connectivity index (χ0n) is 13.6. The lowest BCUT2D eigenvalue weighted by atomic mass is 10.1. The molecule has 0 aliphatic heterocycles. The number of aliphatic hydroxyl groups excluding tert-OH is 1. The van der Waals surface area contributed by atoms with Crippen LogP contribution in [0, 0.1) is 0 Å². The summed E-state index contributed by atoms with van der Waals surface area (Å²) in [6.07, 6.45) is 1.53. The molecule has 0 bridgehead atoms. The number of unbranched alkanes of at least 4 members (excludes halogenated alkanes) is 1. The number of hydrogen-bond donors (Lipinski definition) is 1. The summed E-state index contributed by atoms with van der Waals surface area (Å²) >= 11 is 0. The van der Waals surface area contributed by atoms with Gasteiger partial charge in [-0.15, -0.1) is 0 Å². The minimum atomic E-state index is -1.23. The number of carbonyl (C=O) groups excluding carboxylic acids is 2. The second kappa shape index (κ2) is 9.73. The van der Waals surface area contributed by atoms with Gasteiger partial charge in [0.2, 0.25) is 0 Å². The molecule has 0 aromatic heterocycles. The predicted octanol–water partition coefficient (Wildman–Crippen LogP) is 0.0757. The quantitative estimate of drug-likeness (QED) is 0.431. The van der Waals surface area contributed by atoms with E-state index in [4.69, 9.17) is 4.74 Å². The molecule has 2 atom stereocenters. The number of hydrogen-bond acceptors (Lipinski definition) is 5. The Balaban J connectivity index is 4.23. The monoisotopic (exact) mass is 303 g/mol. The first-order chi connectivity index (χ1) is 9.64. The Morgan fingerprint density at radius 2 is 1.86 bits per heavy atom. The molecule has 0 fully saturated rings. The molecule has 0 radical (unpaired) electrons. The van der Waals surface area contributed by atoms with Crippen LogP contribution in [0.15, 0.2) is 0 Å². The number of carboxylic acid groups (broad SMARTS) is 1. The van der Waals surface area contributed by atoms with Crippen LogP contribution in [0.2, 0.25) is 0 Å². The fraction of sp³-hybridized carbons (Fsp3) is 0.867. The van der Waals surface area contributed by atoms with Crippen molar-refractivity contribution in [3.63, 3.8) is 0 Å². The predicted molar refractivity (Wildman–Crippen MR) is 77.2 cm³/mol. The largest absolute Gasteiger partial charge is 0.550 e. The van der Waals surface area contributed by atoms with E-state index in [1.54, 1.807) is 0 Å². The molecule has 0 spiro atoms. The van der Waals surface area contributed by atoms with Crippen LogP contribution in [0.25, 0.3) is 0 Å². The van der Waals surface area contributed by atoms with Crippen molar-refractivity contribution in [1.82, 2.24) is 0 Å². The van der Waals surface area contributed by atoms with E-state index in [0.29, 0.717) is 23.9 Å². The van der Waals surface area contributed by atoms with Crippen molar-refractivity contribution in [2.75, 3.05) is 27.7 Å². The molecule has 0 saturated heterocycles. The van der Waals surface area contributed by atoms with Gasteiger partial charge < -0.3 is 24.2 Å². The van der Waals surface area contributed by atoms with Gasteiger partial charge in [-0.25, -0.2) is 0 Å². The molecule has 6 heteroatoms. The van der Waals surface area contributed by atoms with E-state index in [2.05, 4.69) is 0 Å². The van der Waals surface area contributed by atoms with Crippen LogP contribution < -0.4 is 5.11 Å². The topological polar surface area (TPSA) is 86.7 Å². The number of likely N-dealkylation sites (N-methyl/N-ethyl adjacent to an activating group) is 1. The van der Waals surface area contributed by atoms with Crippen molar-refractivity contribution in [3.8, 4) is 0 Å². The SMILES string of the molecule is CCCCC(O)CCC(=O)OC(CC(=O)[O-])C[N+](C)(C)C. The van der Waals surface area contributed by atoms with E-state index in [1.165, 1.54) is 0 Å². The average Bonchev–Trinajstić information content (AvgIpc) is 2.30. The summed E-state index contributed by atoms with van der Waals surface area (Å²) in [5, 5.41) is 20.4. The van der Waals surface area contributed by atoms with Gasteiger partial charge in [0, 0.05) is 18.8 Å². The summed E-state index contributed by atoms with van der Waals surface area (Å²) in [7, 11) is 5.68. The lowest BCUT2D eigenvalue weighted by molar-refractivity contribution is -0.873. The first-order valence-corrected chi connectivity index (χ1v) is 7.52. The summed E-state index contributed by atoms with van der Waals surface area (Å²) in [4.78, 5) is 22.5. The van der Waals surface area contributed by atoms with Crippen LogP contribution in [0.4, 0.5) is 0 Å². The maximum Gasteiger partial charge on any atom is 0.306 e. The van der Waals surface area contributed by atoms with Gasteiger partial charge in [-0.2, -0.15) is 0 Å². The van der Waals surface area contributed by atoms with Crippen molar-refractivity contribution in [3.05, 3.63) is 0 Å². The highest BCUT2D eigenvalue weighted by molar-refractivity contribution is 5.70. The van der Waals surface area contributed by atoms with Crippen LogP contribution in [0.1, 0.15) is 45.4 Å². The fourth-order valence-corrected chi connectivity index (χ4v) is 2.05. The number of nitrogens with zero attached hydrogens (tertiary/aromatic N) is 1. The molecule has 0 saturated carbocycles. The molecular formula is C15H29NO5. The molecule has 0 aromatic carbocycles. The molecule has 0 heterocycles. The lowest BCUT2D eigenvalue weighted by Crippen LogP contribution is -2.45. The highest BCUT2D eigenvalue weighted by atomic mass is 16.5. The Bertz CT molecular complexity index is 325. The number of quaternary nitrogens is 1. The van der Waals surface area contributed by atoms with Crippen LogP contribution >= 0.6 is 0 Å². The van der Waals surface area contributed by atoms with Crippen molar-refractivity contribution in [2.45, 2.75) is 57.7 Å². The van der Waals surface area contributed by atoms with Gasteiger partial charge in [-0.05, 0) is 12.8 Å². The van der Waals surface area contributed by atoms with Gasteiger partial charge in [-0.1, -0.05) is 19.8 Å². The molecule has 0 amide bonds. The van der Waals surface area contributed by atoms with Gasteiger partial charge in [-0.3, -0.25) is 4.79 Å². The van der Waals surface area contributed by atoms with E-state index in [9.17, 15) is 19.8 Å². The van der Waals surface area contributed by atoms with Gasteiger partial charge in [0.15, 0.2) is 6.10 Å². The zero-order chi connectivity index (χ0) is 16.5. The van der Waals surface area contributed by atoms with E-state index in [1.807, 2.05) is 28.1 Å². The normalized spacial score (nSPS) is 14.5. The Morgan fingerprint density at radius 3 is 2.33 bits per heavy atom. The summed E-state index contributed by atoms with van der Waals surface area (Å²) in [5.74, 6) is -1.70. The third kappa shape index (κ3) is 12.3. The minimum Gasteiger partial charge on any atom is -0.550 e. The number of esters is 1. The third-order valence-corrected chi connectivity index (χ3v) is 3.02. The molecule has 124 valence electrons. The van der Waals surface area contributed by atoms with E-state index in [-0.39, 0.29) is 12.8 Å². The standard InChI is InChI=1S/C15H29NO5/c1-5-6-7-12(17)8-9-15(20)21-13(10-14(18)19)11-16(2,3)4/h12-13,17H,5-11H2,1-4H3. The smallest absolute Gasteiger partial charge is 0.306 e. The van der Waals surface area contributed by atoms with Gasteiger partial charge in [0.05, 0.1) is 27.2 Å². The van der Waals surface area contributed by atoms with Crippen molar-refractivity contribution < 1.29 is 29.0 Å². The van der Waals surface area contributed by atoms with Crippen LogP contribution in [0.3, 0.4) is 0 Å². The van der Waals surface area contributed by atoms with Crippen LogP contribution in [0.5, 0.6) is 0 Å². The summed E-state index contributed by atoms with van der Waals surface area (Å²) in [5.41, 5.74) is 0. The zero-order valence-corrected chi connectivity index (χ0v) is 13.6. The Labute approximate surface area is 127 Å². The lowest BCUT2D eigenvalue weighted by Gasteiger charge is -2.29. The Hall–Kier alpha value is -1.14. The number of rotatable bonds is 11. The maximum atomic E-state index is 11.7. The van der Waals surface area contributed by atoms with E-state index < -0.39 is 24.1 Å². The molecule has 0 aromatic rings. The molecule has 0 rings (SSSR count). The molecule has 6 nitrogen and oxygen atoms in total. The van der Waals surface area contributed by atoms with Gasteiger partial charge in [0.25, 0.3) is 0 Å². The molecule has 2 unspecified atom stereocenters. The Morgan fingerprint density at radius 1 is 1.24 bits per heavy atom. The van der Waals surface area contributed by atoms with Crippen molar-refractivity contribution in [2.24, 2.45) is 0 Å². The van der Waals surface area contributed by atoms with Gasteiger partial charge >= 0.3 is 5.97 Å². The highest BCUT2D eigenvalue weighted by Crippen LogP contribution is 2.10. The summed E-state index contributed by atoms with van der Waals surface area (Å²) in [6.45, 7) is 2.44. The number of carboxylic acids is 1. The minimum absolute atomic E-state index is 0.103. The number of aliphatic hydroxyl groups is 1. The number of carbonyl (C=O) groups is 2. The van der Waals surface area contributed by atoms with Crippen LogP contribution in [-0.2, 0) is 14.3 Å².